The van der Waals surface area contributed by atoms with E-state index in [1.807, 2.05) is 31.2 Å². The number of hydrogen-bond donors (Lipinski definition) is 1. The van der Waals surface area contributed by atoms with Crippen LogP contribution in [-0.2, 0) is 0 Å². The van der Waals surface area contributed by atoms with E-state index in [-0.39, 0.29) is 0 Å². The van der Waals surface area contributed by atoms with Crippen molar-refractivity contribution < 1.29 is 0 Å². The van der Waals surface area contributed by atoms with Gasteiger partial charge < -0.3 is 5.73 Å². The summed E-state index contributed by atoms with van der Waals surface area (Å²) >= 11 is 0. The SMILES string of the molecule is Cc1nc(N)ccc1-c1cccc(C#N)c1. The van der Waals surface area contributed by atoms with E-state index >= 15 is 0 Å². The van der Waals surface area contributed by atoms with Crippen LogP contribution in [0.3, 0.4) is 0 Å². The van der Waals surface area contributed by atoms with Crippen molar-refractivity contribution in [3.8, 4) is 17.2 Å². The average molecular weight is 209 g/mol. The molecule has 1 heterocycles. The molecule has 0 unspecified atom stereocenters. The Balaban J connectivity index is 2.55. The highest BCUT2D eigenvalue weighted by Gasteiger charge is 2.03. The van der Waals surface area contributed by atoms with Gasteiger partial charge in [-0.1, -0.05) is 12.1 Å². The van der Waals surface area contributed by atoms with Crippen LogP contribution in [0, 0.1) is 18.3 Å². The van der Waals surface area contributed by atoms with Crippen molar-refractivity contribution in [1.82, 2.24) is 4.98 Å². The molecule has 2 rings (SSSR count). The Bertz CT molecular complexity index is 568. The first-order valence-electron chi connectivity index (χ1n) is 4.94. The van der Waals surface area contributed by atoms with Gasteiger partial charge in [0.2, 0.25) is 0 Å². The molecule has 2 N–H and O–H groups in total. The normalized spacial score (nSPS) is 9.75. The summed E-state index contributed by atoms with van der Waals surface area (Å²) in [6.45, 7) is 1.91. The van der Waals surface area contributed by atoms with Crippen LogP contribution in [0.2, 0.25) is 0 Å². The van der Waals surface area contributed by atoms with Crippen LogP contribution in [0.25, 0.3) is 11.1 Å². The number of aryl methyl sites for hydroxylation is 1. The summed E-state index contributed by atoms with van der Waals surface area (Å²) in [5, 5.41) is 8.84. The smallest absolute Gasteiger partial charge is 0.123 e. The van der Waals surface area contributed by atoms with E-state index in [0.717, 1.165) is 16.8 Å². The van der Waals surface area contributed by atoms with Crippen molar-refractivity contribution in [2.45, 2.75) is 6.92 Å². The van der Waals surface area contributed by atoms with E-state index in [1.165, 1.54) is 0 Å². The lowest BCUT2D eigenvalue weighted by Crippen LogP contribution is -1.94. The molecule has 78 valence electrons. The summed E-state index contributed by atoms with van der Waals surface area (Å²) in [7, 11) is 0. The van der Waals surface area contributed by atoms with Crippen molar-refractivity contribution in [2.24, 2.45) is 0 Å². The first-order valence-corrected chi connectivity index (χ1v) is 4.94. The fourth-order valence-electron chi connectivity index (χ4n) is 1.64. The molecule has 0 amide bonds. The summed E-state index contributed by atoms with van der Waals surface area (Å²) < 4.78 is 0. The van der Waals surface area contributed by atoms with Crippen molar-refractivity contribution in [3.63, 3.8) is 0 Å². The second-order valence-corrected chi connectivity index (χ2v) is 3.56. The first kappa shape index (κ1) is 10.2. The third-order valence-electron chi connectivity index (χ3n) is 2.41. The molecule has 0 spiro atoms. The molecular weight excluding hydrogens is 198 g/mol. The maximum absolute atomic E-state index is 8.84. The molecule has 0 atom stereocenters. The van der Waals surface area contributed by atoms with Gasteiger partial charge in [0.05, 0.1) is 11.6 Å². The largest absolute Gasteiger partial charge is 0.384 e. The molecule has 0 saturated carbocycles. The van der Waals surface area contributed by atoms with E-state index in [0.29, 0.717) is 11.4 Å². The first-order chi connectivity index (χ1) is 7.70. The monoisotopic (exact) mass is 209 g/mol. The summed E-state index contributed by atoms with van der Waals surface area (Å²) in [5.41, 5.74) is 9.11. The highest BCUT2D eigenvalue weighted by atomic mass is 14.8. The van der Waals surface area contributed by atoms with Gasteiger partial charge in [0.15, 0.2) is 0 Å². The number of nitrogens with zero attached hydrogens (tertiary/aromatic N) is 2. The van der Waals surface area contributed by atoms with Crippen molar-refractivity contribution in [3.05, 3.63) is 47.7 Å². The van der Waals surface area contributed by atoms with Gasteiger partial charge in [-0.25, -0.2) is 4.98 Å². The number of pyridine rings is 1. The highest BCUT2D eigenvalue weighted by Crippen LogP contribution is 2.23. The van der Waals surface area contributed by atoms with Crippen LogP contribution in [0.4, 0.5) is 5.82 Å². The molecule has 3 heteroatoms. The van der Waals surface area contributed by atoms with E-state index in [4.69, 9.17) is 11.0 Å². The van der Waals surface area contributed by atoms with Gasteiger partial charge >= 0.3 is 0 Å². The zero-order valence-electron chi connectivity index (χ0n) is 8.94. The number of nitrogen functional groups attached to an aromatic ring is 1. The predicted octanol–water partition coefficient (Wildman–Crippen LogP) is 2.51. The summed E-state index contributed by atoms with van der Waals surface area (Å²) in [4.78, 5) is 4.20. The molecule has 0 aliphatic rings. The van der Waals surface area contributed by atoms with Crippen molar-refractivity contribution in [1.29, 1.82) is 5.26 Å². The molecule has 0 radical (unpaired) electrons. The zero-order chi connectivity index (χ0) is 11.5. The molecule has 0 fully saturated rings. The second kappa shape index (κ2) is 4.03. The van der Waals surface area contributed by atoms with E-state index in [9.17, 15) is 0 Å². The fraction of sp³-hybridized carbons (Fsp3) is 0.0769. The van der Waals surface area contributed by atoms with Crippen LogP contribution >= 0.6 is 0 Å². The third kappa shape index (κ3) is 1.86. The Hall–Kier alpha value is -2.34. The van der Waals surface area contributed by atoms with E-state index in [2.05, 4.69) is 11.1 Å². The molecule has 2 aromatic rings. The van der Waals surface area contributed by atoms with Crippen LogP contribution < -0.4 is 5.73 Å². The van der Waals surface area contributed by atoms with Gasteiger partial charge in [-0.3, -0.25) is 0 Å². The number of nitrogens with two attached hydrogens (primary N) is 1. The minimum absolute atomic E-state index is 0.512. The molecule has 1 aromatic heterocycles. The second-order valence-electron chi connectivity index (χ2n) is 3.56. The van der Waals surface area contributed by atoms with E-state index in [1.54, 1.807) is 12.1 Å². The maximum Gasteiger partial charge on any atom is 0.123 e. The molecule has 0 aliphatic carbocycles. The Labute approximate surface area is 94.2 Å². The minimum atomic E-state index is 0.512. The number of aromatic nitrogens is 1. The fourth-order valence-corrected chi connectivity index (χ4v) is 1.64. The predicted molar refractivity (Wildman–Crippen MR) is 63.5 cm³/mol. The van der Waals surface area contributed by atoms with Crippen LogP contribution in [0.1, 0.15) is 11.3 Å². The summed E-state index contributed by atoms with van der Waals surface area (Å²) in [5.74, 6) is 0.512. The van der Waals surface area contributed by atoms with Gasteiger partial charge in [-0.05, 0) is 36.8 Å². The molecule has 0 bridgehead atoms. The minimum Gasteiger partial charge on any atom is -0.384 e. The lowest BCUT2D eigenvalue weighted by Gasteiger charge is -2.06. The highest BCUT2D eigenvalue weighted by molar-refractivity contribution is 5.68. The molecular formula is C13H11N3. The number of anilines is 1. The van der Waals surface area contributed by atoms with Gasteiger partial charge in [-0.2, -0.15) is 5.26 Å². The number of hydrogen-bond acceptors (Lipinski definition) is 3. The molecule has 3 nitrogen and oxygen atoms in total. The summed E-state index contributed by atoms with van der Waals surface area (Å²) in [6.07, 6.45) is 0. The van der Waals surface area contributed by atoms with Crippen LogP contribution in [0.5, 0.6) is 0 Å². The number of rotatable bonds is 1. The Morgan fingerprint density at radius 1 is 1.25 bits per heavy atom. The number of benzene rings is 1. The van der Waals surface area contributed by atoms with E-state index < -0.39 is 0 Å². The van der Waals surface area contributed by atoms with Crippen LogP contribution in [0.15, 0.2) is 36.4 Å². The zero-order valence-corrected chi connectivity index (χ0v) is 8.94. The average Bonchev–Trinajstić information content (AvgIpc) is 2.29. The topological polar surface area (TPSA) is 62.7 Å². The molecule has 1 aromatic carbocycles. The van der Waals surface area contributed by atoms with Crippen molar-refractivity contribution in [2.75, 3.05) is 5.73 Å². The maximum atomic E-state index is 8.84. The Morgan fingerprint density at radius 2 is 2.06 bits per heavy atom. The van der Waals surface area contributed by atoms with Gasteiger partial charge in [0.1, 0.15) is 5.82 Å². The summed E-state index contributed by atoms with van der Waals surface area (Å²) in [6, 6.07) is 13.3. The lowest BCUT2D eigenvalue weighted by atomic mass is 10.0. The van der Waals surface area contributed by atoms with Gasteiger partial charge in [0, 0.05) is 11.3 Å². The molecule has 0 saturated heterocycles. The number of nitriles is 1. The van der Waals surface area contributed by atoms with Crippen molar-refractivity contribution >= 4 is 5.82 Å². The van der Waals surface area contributed by atoms with Crippen LogP contribution in [-0.4, -0.2) is 4.98 Å². The van der Waals surface area contributed by atoms with Gasteiger partial charge in [-0.15, -0.1) is 0 Å². The lowest BCUT2D eigenvalue weighted by molar-refractivity contribution is 1.21. The Kier molecular flexibility index (Phi) is 2.57. The quantitative estimate of drug-likeness (QED) is 0.784. The molecule has 16 heavy (non-hydrogen) atoms. The van der Waals surface area contributed by atoms with Gasteiger partial charge in [0.25, 0.3) is 0 Å². The third-order valence-corrected chi connectivity index (χ3v) is 2.41. The molecule has 0 aliphatic heterocycles. The Morgan fingerprint density at radius 3 is 2.75 bits per heavy atom. The standard InChI is InChI=1S/C13H11N3/c1-9-12(5-6-13(15)16-9)11-4-2-3-10(7-11)8-14/h2-7H,1H3,(H2,15,16).